The fourth-order valence-electron chi connectivity index (χ4n) is 2.50. The molecule has 0 bridgehead atoms. The number of amides is 2. The number of carbonyl (C=O) groups is 2. The minimum atomic E-state index is -3.09. The van der Waals surface area contributed by atoms with Crippen LogP contribution in [0, 0.1) is 0 Å². The Morgan fingerprint density at radius 3 is 1.46 bits per heavy atom. The molecule has 24 heavy (non-hydrogen) atoms. The summed E-state index contributed by atoms with van der Waals surface area (Å²) in [4.78, 5) is 22.9. The maximum atomic E-state index is 11.5. The SMILES string of the molecule is O=C(N[C@H]1CCS(=O)(=O)C1)OCCOC(=O)N[C@H]1CCS(=O)(=O)C1. The normalized spacial score (nSPS) is 27.3. The Bertz CT molecular complexity index is 628. The highest BCUT2D eigenvalue weighted by Gasteiger charge is 2.30. The highest BCUT2D eigenvalue weighted by molar-refractivity contribution is 7.91. The summed E-state index contributed by atoms with van der Waals surface area (Å²) < 4.78 is 54.5. The molecule has 2 atom stereocenters. The highest BCUT2D eigenvalue weighted by Crippen LogP contribution is 2.12. The van der Waals surface area contributed by atoms with Crippen molar-refractivity contribution >= 4 is 31.9 Å². The predicted octanol–water partition coefficient (Wildman–Crippen LogP) is -1.19. The molecule has 2 aliphatic rings. The number of sulfone groups is 2. The lowest BCUT2D eigenvalue weighted by molar-refractivity contribution is 0.0932. The first-order valence-electron chi connectivity index (χ1n) is 7.43. The Morgan fingerprint density at radius 2 is 1.17 bits per heavy atom. The average Bonchev–Trinajstić information content (AvgIpc) is 2.96. The van der Waals surface area contributed by atoms with Gasteiger partial charge in [0.15, 0.2) is 19.7 Å². The maximum Gasteiger partial charge on any atom is 0.407 e. The van der Waals surface area contributed by atoms with E-state index in [1.807, 2.05) is 0 Å². The van der Waals surface area contributed by atoms with Gasteiger partial charge in [0.05, 0.1) is 23.0 Å². The summed E-state index contributed by atoms with van der Waals surface area (Å²) in [6.07, 6.45) is -0.854. The van der Waals surface area contributed by atoms with E-state index in [1.165, 1.54) is 0 Å². The van der Waals surface area contributed by atoms with Crippen molar-refractivity contribution in [3.8, 4) is 0 Å². The molecule has 0 unspecified atom stereocenters. The molecule has 2 N–H and O–H groups in total. The van der Waals surface area contributed by atoms with Crippen LogP contribution in [0.2, 0.25) is 0 Å². The van der Waals surface area contributed by atoms with Crippen molar-refractivity contribution in [2.45, 2.75) is 24.9 Å². The Hall–Kier alpha value is -1.56. The smallest absolute Gasteiger partial charge is 0.407 e. The Labute approximate surface area is 140 Å². The first kappa shape index (κ1) is 18.8. The van der Waals surface area contributed by atoms with Crippen molar-refractivity contribution < 1.29 is 35.9 Å². The van der Waals surface area contributed by atoms with E-state index < -0.39 is 43.9 Å². The van der Waals surface area contributed by atoms with E-state index in [9.17, 15) is 26.4 Å². The van der Waals surface area contributed by atoms with Gasteiger partial charge in [0, 0.05) is 12.1 Å². The summed E-state index contributed by atoms with van der Waals surface area (Å²) in [5.41, 5.74) is 0. The topological polar surface area (TPSA) is 145 Å². The molecule has 0 radical (unpaired) electrons. The van der Waals surface area contributed by atoms with Gasteiger partial charge in [-0.1, -0.05) is 0 Å². The van der Waals surface area contributed by atoms with E-state index in [4.69, 9.17) is 9.47 Å². The number of rotatable bonds is 5. The second-order valence-electron chi connectivity index (χ2n) is 5.76. The summed E-state index contributed by atoms with van der Waals surface area (Å²) in [7, 11) is -6.18. The summed E-state index contributed by atoms with van der Waals surface area (Å²) in [6, 6.07) is -0.924. The maximum absolute atomic E-state index is 11.5. The minimum Gasteiger partial charge on any atom is -0.446 e. The van der Waals surface area contributed by atoms with Crippen LogP contribution < -0.4 is 10.6 Å². The van der Waals surface area contributed by atoms with Crippen LogP contribution in [0.1, 0.15) is 12.8 Å². The van der Waals surface area contributed by atoms with Crippen LogP contribution in [0.5, 0.6) is 0 Å². The summed E-state index contributed by atoms with van der Waals surface area (Å²) in [6.45, 7) is -0.386. The van der Waals surface area contributed by atoms with E-state index in [-0.39, 0.29) is 36.2 Å². The zero-order valence-electron chi connectivity index (χ0n) is 12.9. The van der Waals surface area contributed by atoms with Gasteiger partial charge in [0.25, 0.3) is 0 Å². The quantitative estimate of drug-likeness (QED) is 0.563. The zero-order chi connectivity index (χ0) is 17.8. The molecule has 0 aromatic rings. The predicted molar refractivity (Wildman–Crippen MR) is 83.1 cm³/mol. The van der Waals surface area contributed by atoms with Crippen molar-refractivity contribution in [1.82, 2.24) is 10.6 Å². The molecule has 0 aromatic heterocycles. The van der Waals surface area contributed by atoms with Gasteiger partial charge >= 0.3 is 12.2 Å². The van der Waals surface area contributed by atoms with E-state index in [1.54, 1.807) is 0 Å². The third-order valence-corrected chi connectivity index (χ3v) is 7.19. The Kier molecular flexibility index (Phi) is 5.91. The number of carbonyl (C=O) groups excluding carboxylic acids is 2. The lowest BCUT2D eigenvalue weighted by Crippen LogP contribution is -2.38. The first-order valence-corrected chi connectivity index (χ1v) is 11.1. The van der Waals surface area contributed by atoms with Crippen molar-refractivity contribution in [2.75, 3.05) is 36.2 Å². The molecule has 0 saturated carbocycles. The third kappa shape index (κ3) is 6.15. The molecule has 12 heteroatoms. The monoisotopic (exact) mass is 384 g/mol. The lowest BCUT2D eigenvalue weighted by atomic mass is 10.3. The van der Waals surface area contributed by atoms with Crippen LogP contribution in [-0.4, -0.2) is 77.3 Å². The molecule has 0 aromatic carbocycles. The van der Waals surface area contributed by atoms with E-state index >= 15 is 0 Å². The second-order valence-corrected chi connectivity index (χ2v) is 10.2. The standard InChI is InChI=1S/C12H20N2O8S2/c15-11(13-9-1-5-23(17,18)7-9)21-3-4-22-12(16)14-10-2-6-24(19,20)8-10/h9-10H,1-8H2,(H,13,15)(H,14,16)/t9-,10-/m0/s1. The minimum absolute atomic E-state index is 0.0398. The average molecular weight is 384 g/mol. The molecule has 2 fully saturated rings. The molecule has 2 rings (SSSR count). The number of ether oxygens (including phenoxy) is 2. The van der Waals surface area contributed by atoms with Crippen LogP contribution >= 0.6 is 0 Å². The second kappa shape index (κ2) is 7.55. The Balaban J connectivity index is 1.56. The van der Waals surface area contributed by atoms with Crippen LogP contribution in [0.25, 0.3) is 0 Å². The van der Waals surface area contributed by atoms with Crippen LogP contribution in [0.15, 0.2) is 0 Å². The molecule has 0 aliphatic carbocycles. The zero-order valence-corrected chi connectivity index (χ0v) is 14.5. The lowest BCUT2D eigenvalue weighted by Gasteiger charge is -2.13. The fraction of sp³-hybridized carbons (Fsp3) is 0.833. The van der Waals surface area contributed by atoms with Gasteiger partial charge < -0.3 is 20.1 Å². The molecule has 10 nitrogen and oxygen atoms in total. The molecule has 2 aliphatic heterocycles. The molecule has 138 valence electrons. The van der Waals surface area contributed by atoms with Gasteiger partial charge in [-0.2, -0.15) is 0 Å². The molecule has 0 spiro atoms. The largest absolute Gasteiger partial charge is 0.446 e. The number of hydrogen-bond acceptors (Lipinski definition) is 8. The van der Waals surface area contributed by atoms with Gasteiger partial charge in [-0.25, -0.2) is 26.4 Å². The molecular weight excluding hydrogens is 364 g/mol. The van der Waals surface area contributed by atoms with Gasteiger partial charge in [-0.15, -0.1) is 0 Å². The molecule has 2 amide bonds. The van der Waals surface area contributed by atoms with Gasteiger partial charge in [-0.05, 0) is 12.8 Å². The first-order chi connectivity index (χ1) is 11.2. The summed E-state index contributed by atoms with van der Waals surface area (Å²) >= 11 is 0. The van der Waals surface area contributed by atoms with Crippen LogP contribution in [0.3, 0.4) is 0 Å². The Morgan fingerprint density at radius 1 is 0.792 bits per heavy atom. The fourth-order valence-corrected chi connectivity index (χ4v) is 5.85. The summed E-state index contributed by atoms with van der Waals surface area (Å²) in [5, 5.41) is 4.85. The number of nitrogens with one attached hydrogen (secondary N) is 2. The van der Waals surface area contributed by atoms with E-state index in [2.05, 4.69) is 10.6 Å². The van der Waals surface area contributed by atoms with Crippen molar-refractivity contribution in [3.05, 3.63) is 0 Å². The molecule has 2 saturated heterocycles. The van der Waals surface area contributed by atoms with Gasteiger partial charge in [0.1, 0.15) is 13.2 Å². The van der Waals surface area contributed by atoms with Crippen molar-refractivity contribution in [3.63, 3.8) is 0 Å². The highest BCUT2D eigenvalue weighted by atomic mass is 32.2. The summed E-state index contributed by atoms with van der Waals surface area (Å²) in [5.74, 6) is -0.132. The number of alkyl carbamates (subject to hydrolysis) is 2. The molecule has 2 heterocycles. The van der Waals surface area contributed by atoms with Gasteiger partial charge in [-0.3, -0.25) is 0 Å². The third-order valence-electron chi connectivity index (χ3n) is 3.66. The molecular formula is C12H20N2O8S2. The van der Waals surface area contributed by atoms with E-state index in [0.29, 0.717) is 12.8 Å². The van der Waals surface area contributed by atoms with Gasteiger partial charge in [0.2, 0.25) is 0 Å². The van der Waals surface area contributed by atoms with Crippen LogP contribution in [-0.2, 0) is 29.1 Å². The van der Waals surface area contributed by atoms with Crippen molar-refractivity contribution in [2.24, 2.45) is 0 Å². The number of hydrogen-bond donors (Lipinski definition) is 2. The van der Waals surface area contributed by atoms with Crippen molar-refractivity contribution in [1.29, 1.82) is 0 Å². The van der Waals surface area contributed by atoms with Crippen LogP contribution in [0.4, 0.5) is 9.59 Å². The van der Waals surface area contributed by atoms with E-state index in [0.717, 1.165) is 0 Å².